The van der Waals surface area contributed by atoms with Crippen LogP contribution in [0, 0.1) is 0 Å². The van der Waals surface area contributed by atoms with Crippen molar-refractivity contribution in [3.8, 4) is 11.5 Å². The number of thiophene rings is 1. The molecule has 5 rings (SSSR count). The second kappa shape index (κ2) is 10.1. The first kappa shape index (κ1) is 22.8. The second-order valence-corrected chi connectivity index (χ2v) is 10.0. The zero-order valence-electron chi connectivity index (χ0n) is 18.9. The third kappa shape index (κ3) is 4.64. The number of carbonyl (C=O) groups excluding carboxylic acids is 2. The molecule has 2 amide bonds. The summed E-state index contributed by atoms with van der Waals surface area (Å²) in [5, 5.41) is 8.28. The number of hydrogen-bond acceptors (Lipinski definition) is 7. The number of thiazole rings is 1. The van der Waals surface area contributed by atoms with Gasteiger partial charge in [-0.1, -0.05) is 24.3 Å². The molecule has 34 heavy (non-hydrogen) atoms. The van der Waals surface area contributed by atoms with E-state index in [2.05, 4.69) is 10.2 Å². The second-order valence-electron chi connectivity index (χ2n) is 8.26. The summed E-state index contributed by atoms with van der Waals surface area (Å²) in [6.07, 6.45) is 2.65. The lowest BCUT2D eigenvalue weighted by molar-refractivity contribution is -0.124. The largest absolute Gasteiger partial charge is 0.454 e. The van der Waals surface area contributed by atoms with Gasteiger partial charge in [-0.25, -0.2) is 4.98 Å². The highest BCUT2D eigenvalue weighted by molar-refractivity contribution is 7.14. The van der Waals surface area contributed by atoms with Gasteiger partial charge in [-0.15, -0.1) is 22.7 Å². The highest BCUT2D eigenvalue weighted by atomic mass is 32.1. The summed E-state index contributed by atoms with van der Waals surface area (Å²) in [5.74, 6) is 0.710. The van der Waals surface area contributed by atoms with E-state index in [-0.39, 0.29) is 17.9 Å². The van der Waals surface area contributed by atoms with Crippen molar-refractivity contribution in [2.75, 3.05) is 31.6 Å². The van der Waals surface area contributed by atoms with Gasteiger partial charge in [0.25, 0.3) is 5.91 Å². The Morgan fingerprint density at radius 3 is 2.91 bits per heavy atom. The van der Waals surface area contributed by atoms with Crippen LogP contribution in [-0.2, 0) is 4.79 Å². The van der Waals surface area contributed by atoms with Crippen molar-refractivity contribution < 1.29 is 14.0 Å². The Hall–Kier alpha value is -3.01. The molecule has 1 aliphatic heterocycles. The number of nitrogens with zero attached hydrogens (tertiary/aromatic N) is 3. The summed E-state index contributed by atoms with van der Waals surface area (Å²) in [5.41, 5.74) is 1.54. The number of anilines is 1. The monoisotopic (exact) mass is 494 g/mol. The zero-order chi connectivity index (χ0) is 23.5. The number of likely N-dealkylation sites (tertiary alicyclic amines) is 1. The number of rotatable bonds is 8. The summed E-state index contributed by atoms with van der Waals surface area (Å²) >= 11 is 2.87. The molecule has 0 unspecified atom stereocenters. The lowest BCUT2D eigenvalue weighted by Gasteiger charge is -2.25. The number of aromatic nitrogens is 1. The highest BCUT2D eigenvalue weighted by Gasteiger charge is 2.30. The quantitative estimate of drug-likeness (QED) is 0.378. The van der Waals surface area contributed by atoms with E-state index in [1.54, 1.807) is 11.9 Å². The van der Waals surface area contributed by atoms with E-state index in [0.717, 1.165) is 49.0 Å². The molecule has 4 aromatic rings. The maximum Gasteiger partial charge on any atom is 0.270 e. The van der Waals surface area contributed by atoms with Crippen molar-refractivity contribution in [3.63, 3.8) is 0 Å². The Kier molecular flexibility index (Phi) is 6.75. The van der Waals surface area contributed by atoms with Gasteiger partial charge in [0.15, 0.2) is 10.9 Å². The number of carbonyl (C=O) groups is 2. The smallest absolute Gasteiger partial charge is 0.270 e. The van der Waals surface area contributed by atoms with Gasteiger partial charge < -0.3 is 9.73 Å². The van der Waals surface area contributed by atoms with Crippen LogP contribution in [0.25, 0.3) is 22.4 Å². The number of furan rings is 1. The predicted molar refractivity (Wildman–Crippen MR) is 137 cm³/mol. The van der Waals surface area contributed by atoms with Crippen molar-refractivity contribution in [3.05, 3.63) is 58.1 Å². The van der Waals surface area contributed by atoms with E-state index in [4.69, 9.17) is 9.40 Å². The molecule has 1 saturated heterocycles. The van der Waals surface area contributed by atoms with Gasteiger partial charge in [0.1, 0.15) is 11.3 Å². The van der Waals surface area contributed by atoms with Gasteiger partial charge in [0.2, 0.25) is 5.91 Å². The number of amides is 2. The van der Waals surface area contributed by atoms with Crippen LogP contribution in [0.1, 0.15) is 28.9 Å². The number of likely N-dealkylation sites (N-methyl/N-ethyl adjacent to an activating group) is 1. The Bertz CT molecular complexity index is 1250. The first-order valence-electron chi connectivity index (χ1n) is 11.4. The van der Waals surface area contributed by atoms with Crippen molar-refractivity contribution >= 4 is 50.6 Å². The summed E-state index contributed by atoms with van der Waals surface area (Å²) < 4.78 is 5.97. The lowest BCUT2D eigenvalue weighted by Crippen LogP contribution is -2.43. The molecular weight excluding hydrogens is 468 g/mol. The molecule has 0 radical (unpaired) electrons. The van der Waals surface area contributed by atoms with Gasteiger partial charge in [-0.3, -0.25) is 19.4 Å². The van der Waals surface area contributed by atoms with E-state index in [1.165, 1.54) is 22.7 Å². The first-order valence-corrected chi connectivity index (χ1v) is 13.2. The summed E-state index contributed by atoms with van der Waals surface area (Å²) in [6.45, 7) is 2.19. The Morgan fingerprint density at radius 2 is 2.12 bits per heavy atom. The molecule has 1 aliphatic rings. The molecule has 0 saturated carbocycles. The Labute approximate surface area is 206 Å². The zero-order valence-corrected chi connectivity index (χ0v) is 20.5. The normalized spacial score (nSPS) is 16.2. The molecule has 1 fully saturated rings. The van der Waals surface area contributed by atoms with Gasteiger partial charge in [-0.05, 0) is 49.4 Å². The number of hydrogen-bond donors (Lipinski definition) is 1. The van der Waals surface area contributed by atoms with Crippen molar-refractivity contribution in [2.24, 2.45) is 0 Å². The molecule has 0 bridgehead atoms. The Morgan fingerprint density at radius 1 is 1.24 bits per heavy atom. The van der Waals surface area contributed by atoms with Crippen molar-refractivity contribution in [1.29, 1.82) is 0 Å². The van der Waals surface area contributed by atoms with Crippen LogP contribution in [0.4, 0.5) is 5.13 Å². The maximum absolute atomic E-state index is 13.3. The fourth-order valence-electron chi connectivity index (χ4n) is 4.42. The first-order chi connectivity index (χ1) is 16.6. The van der Waals surface area contributed by atoms with E-state index in [9.17, 15) is 9.59 Å². The van der Waals surface area contributed by atoms with Crippen LogP contribution in [0.5, 0.6) is 0 Å². The lowest BCUT2D eigenvalue weighted by atomic mass is 10.2. The molecule has 3 aromatic heterocycles. The van der Waals surface area contributed by atoms with E-state index < -0.39 is 0 Å². The SMILES string of the molecule is CNC(=O)[C@H]1CCCN1CCCN(C(=O)c1cccs1)c1nc(-c2cc3ccccc3o2)cs1. The van der Waals surface area contributed by atoms with Crippen LogP contribution in [0.2, 0.25) is 0 Å². The molecule has 4 heterocycles. The average Bonchev–Trinajstić information content (AvgIpc) is 3.67. The molecule has 1 N–H and O–H groups in total. The van der Waals surface area contributed by atoms with Gasteiger partial charge in [0, 0.05) is 30.9 Å². The van der Waals surface area contributed by atoms with Crippen LogP contribution in [-0.4, -0.2) is 54.4 Å². The molecule has 1 atom stereocenters. The van der Waals surface area contributed by atoms with Crippen LogP contribution >= 0.6 is 22.7 Å². The van der Waals surface area contributed by atoms with E-state index in [0.29, 0.717) is 22.3 Å². The van der Waals surface area contributed by atoms with Gasteiger partial charge >= 0.3 is 0 Å². The topological polar surface area (TPSA) is 78.7 Å². The maximum atomic E-state index is 13.3. The van der Waals surface area contributed by atoms with E-state index >= 15 is 0 Å². The number of para-hydroxylation sites is 1. The molecule has 176 valence electrons. The fraction of sp³-hybridized carbons (Fsp3) is 0.320. The predicted octanol–water partition coefficient (Wildman–Crippen LogP) is 4.87. The van der Waals surface area contributed by atoms with E-state index in [1.807, 2.05) is 53.2 Å². The number of fused-ring (bicyclic) bond motifs is 1. The summed E-state index contributed by atoms with van der Waals surface area (Å²) in [4.78, 5) is 34.9. The minimum absolute atomic E-state index is 0.0511. The minimum atomic E-state index is -0.0778. The molecule has 0 spiro atoms. The standard InChI is InChI=1S/C25H26N4O3S2/c1-26-23(30)19-8-4-11-28(19)12-6-13-29(24(31)22-10-5-14-33-22)25-27-18(16-34-25)21-15-17-7-2-3-9-20(17)32-21/h2-3,5,7,9-10,14-16,19H,4,6,8,11-13H2,1H3,(H,26,30)/t19-/m1/s1. The number of benzene rings is 1. The van der Waals surface area contributed by atoms with Crippen LogP contribution in [0.3, 0.4) is 0 Å². The third-order valence-electron chi connectivity index (χ3n) is 6.12. The molecule has 7 nitrogen and oxygen atoms in total. The average molecular weight is 495 g/mol. The minimum Gasteiger partial charge on any atom is -0.454 e. The molecule has 1 aromatic carbocycles. The third-order valence-corrected chi connectivity index (χ3v) is 7.84. The number of nitrogens with one attached hydrogen (secondary N) is 1. The molecular formula is C25H26N4O3S2. The summed E-state index contributed by atoms with van der Waals surface area (Å²) in [7, 11) is 1.68. The van der Waals surface area contributed by atoms with Crippen molar-refractivity contribution in [2.45, 2.75) is 25.3 Å². The van der Waals surface area contributed by atoms with Crippen LogP contribution < -0.4 is 10.2 Å². The van der Waals surface area contributed by atoms with Crippen molar-refractivity contribution in [1.82, 2.24) is 15.2 Å². The van der Waals surface area contributed by atoms with Crippen LogP contribution in [0.15, 0.2) is 57.6 Å². The molecule has 0 aliphatic carbocycles. The van der Waals surface area contributed by atoms with Gasteiger partial charge in [-0.2, -0.15) is 0 Å². The fourth-order valence-corrected chi connectivity index (χ4v) is 5.93. The summed E-state index contributed by atoms with van der Waals surface area (Å²) in [6, 6.07) is 13.5. The highest BCUT2D eigenvalue weighted by Crippen LogP contribution is 2.32. The van der Waals surface area contributed by atoms with Gasteiger partial charge in [0.05, 0.1) is 10.9 Å². The Balaban J connectivity index is 1.34. The molecule has 9 heteroatoms.